The Kier molecular flexibility index (Phi) is 8.86. The summed E-state index contributed by atoms with van der Waals surface area (Å²) < 4.78 is 0. The van der Waals surface area contributed by atoms with Gasteiger partial charge in [-0.1, -0.05) is 38.3 Å². The molecule has 0 aliphatic carbocycles. The minimum absolute atomic E-state index is 0.118. The van der Waals surface area contributed by atoms with Gasteiger partial charge in [0.05, 0.1) is 0 Å². The van der Waals surface area contributed by atoms with Crippen molar-refractivity contribution in [1.82, 2.24) is 4.90 Å². The average molecular weight is 334 g/mol. The fourth-order valence-corrected chi connectivity index (χ4v) is 2.14. The van der Waals surface area contributed by atoms with Gasteiger partial charge in [0.15, 0.2) is 0 Å². The predicted octanol–water partition coefficient (Wildman–Crippen LogP) is 4.59. The molecule has 1 rings (SSSR count). The van der Waals surface area contributed by atoms with Crippen molar-refractivity contribution in [3.05, 3.63) is 41.1 Å². The number of halogens is 1. The maximum absolute atomic E-state index is 12.3. The summed E-state index contributed by atoms with van der Waals surface area (Å²) in [5, 5.41) is 12.6. The zero-order chi connectivity index (χ0) is 17.1. The second-order valence-electron chi connectivity index (χ2n) is 5.36. The summed E-state index contributed by atoms with van der Waals surface area (Å²) >= 11 is 5.82. The Bertz CT molecular complexity index is 553. The highest BCUT2D eigenvalue weighted by molar-refractivity contribution is 6.30. The molecule has 0 aliphatic heterocycles. The van der Waals surface area contributed by atoms with Crippen LogP contribution in [0.5, 0.6) is 0 Å². The molecule has 0 unspecified atom stereocenters. The third kappa shape index (κ3) is 7.21. The molecule has 1 aromatic carbocycles. The van der Waals surface area contributed by atoms with Crippen molar-refractivity contribution in [1.29, 1.82) is 5.26 Å². The largest absolute Gasteiger partial charge is 0.376 e. The van der Waals surface area contributed by atoms with E-state index in [9.17, 15) is 10.1 Å². The number of benzene rings is 1. The number of unbranched alkanes of at least 4 members (excludes halogenated alkanes) is 2. The van der Waals surface area contributed by atoms with E-state index in [0.29, 0.717) is 10.7 Å². The van der Waals surface area contributed by atoms with E-state index in [0.717, 1.165) is 38.8 Å². The molecule has 0 aromatic heterocycles. The van der Waals surface area contributed by atoms with E-state index in [1.165, 1.54) is 0 Å². The van der Waals surface area contributed by atoms with Crippen LogP contribution in [0.25, 0.3) is 0 Å². The number of hydrogen-bond acceptors (Lipinski definition) is 3. The van der Waals surface area contributed by atoms with Gasteiger partial charge in [-0.15, -0.1) is 0 Å². The minimum Gasteiger partial charge on any atom is -0.376 e. The molecular formula is C18H24ClN3O. The summed E-state index contributed by atoms with van der Waals surface area (Å²) in [6.45, 7) is 5.96. The smallest absolute Gasteiger partial charge is 0.267 e. The van der Waals surface area contributed by atoms with Gasteiger partial charge in [-0.25, -0.2) is 0 Å². The highest BCUT2D eigenvalue weighted by Gasteiger charge is 2.11. The first-order chi connectivity index (χ1) is 11.1. The fraction of sp³-hybridized carbons (Fsp3) is 0.444. The Labute approximate surface area is 143 Å². The monoisotopic (exact) mass is 333 g/mol. The van der Waals surface area contributed by atoms with Crippen LogP contribution in [0.15, 0.2) is 36.0 Å². The predicted molar refractivity (Wildman–Crippen MR) is 95.2 cm³/mol. The van der Waals surface area contributed by atoms with Crippen LogP contribution in [-0.4, -0.2) is 23.9 Å². The van der Waals surface area contributed by atoms with Gasteiger partial charge in [-0.05, 0) is 37.1 Å². The van der Waals surface area contributed by atoms with E-state index in [1.54, 1.807) is 30.5 Å². The van der Waals surface area contributed by atoms with Crippen LogP contribution >= 0.6 is 11.6 Å². The molecule has 124 valence electrons. The van der Waals surface area contributed by atoms with Crippen LogP contribution in [0.4, 0.5) is 5.69 Å². The van der Waals surface area contributed by atoms with Crippen LogP contribution in [-0.2, 0) is 4.79 Å². The van der Waals surface area contributed by atoms with Gasteiger partial charge in [-0.2, -0.15) is 5.26 Å². The number of nitrogens with zero attached hydrogens (tertiary/aromatic N) is 2. The van der Waals surface area contributed by atoms with Crippen LogP contribution < -0.4 is 5.32 Å². The summed E-state index contributed by atoms with van der Waals surface area (Å²) in [6.07, 6.45) is 5.91. The summed E-state index contributed by atoms with van der Waals surface area (Å²) in [7, 11) is 0. The number of nitriles is 1. The molecule has 1 aromatic rings. The molecule has 0 aliphatic rings. The Morgan fingerprint density at radius 1 is 1.22 bits per heavy atom. The van der Waals surface area contributed by atoms with E-state index in [1.807, 2.05) is 6.07 Å². The third-order valence-electron chi connectivity index (χ3n) is 3.38. The van der Waals surface area contributed by atoms with Crippen LogP contribution in [0.3, 0.4) is 0 Å². The molecule has 0 atom stereocenters. The Morgan fingerprint density at radius 3 is 2.26 bits per heavy atom. The van der Waals surface area contributed by atoms with E-state index >= 15 is 0 Å². The fourth-order valence-electron chi connectivity index (χ4n) is 2.02. The molecule has 0 fully saturated rings. The molecule has 0 spiro atoms. The average Bonchev–Trinajstić information content (AvgIpc) is 2.56. The molecule has 0 heterocycles. The van der Waals surface area contributed by atoms with Crippen molar-refractivity contribution < 1.29 is 4.79 Å². The van der Waals surface area contributed by atoms with Crippen LogP contribution in [0.1, 0.15) is 39.5 Å². The highest BCUT2D eigenvalue weighted by Crippen LogP contribution is 2.14. The van der Waals surface area contributed by atoms with Gasteiger partial charge in [0, 0.05) is 30.0 Å². The molecular weight excluding hydrogens is 310 g/mol. The van der Waals surface area contributed by atoms with Crippen LogP contribution in [0.2, 0.25) is 5.02 Å². The number of rotatable bonds is 9. The van der Waals surface area contributed by atoms with Gasteiger partial charge < -0.3 is 10.2 Å². The second kappa shape index (κ2) is 10.7. The number of nitrogens with one attached hydrogen (secondary N) is 1. The second-order valence-corrected chi connectivity index (χ2v) is 5.80. The highest BCUT2D eigenvalue weighted by atomic mass is 35.5. The molecule has 0 saturated heterocycles. The number of carbonyl (C=O) groups excluding carboxylic acids is 1. The van der Waals surface area contributed by atoms with E-state index in [-0.39, 0.29) is 5.57 Å². The SMILES string of the molecule is CCCCN(/C=C(/C#N)C(=O)Nc1ccc(Cl)cc1)CCCC. The Morgan fingerprint density at radius 2 is 1.78 bits per heavy atom. The van der Waals surface area contributed by atoms with Gasteiger partial charge >= 0.3 is 0 Å². The molecule has 0 saturated carbocycles. The summed E-state index contributed by atoms with van der Waals surface area (Å²) in [5.41, 5.74) is 0.737. The topological polar surface area (TPSA) is 56.1 Å². The lowest BCUT2D eigenvalue weighted by molar-refractivity contribution is -0.112. The first-order valence-electron chi connectivity index (χ1n) is 8.03. The van der Waals surface area contributed by atoms with Crippen molar-refractivity contribution in [3.8, 4) is 6.07 Å². The van der Waals surface area contributed by atoms with Crippen molar-refractivity contribution >= 4 is 23.2 Å². The number of anilines is 1. The maximum Gasteiger partial charge on any atom is 0.267 e. The lowest BCUT2D eigenvalue weighted by atomic mass is 10.2. The minimum atomic E-state index is -0.396. The Balaban J connectivity index is 2.78. The quantitative estimate of drug-likeness (QED) is 0.531. The summed E-state index contributed by atoms with van der Waals surface area (Å²) in [6, 6.07) is 8.81. The number of amides is 1. The molecule has 4 nitrogen and oxygen atoms in total. The zero-order valence-corrected chi connectivity index (χ0v) is 14.6. The first kappa shape index (κ1) is 19.1. The summed E-state index contributed by atoms with van der Waals surface area (Å²) in [5.74, 6) is -0.396. The lowest BCUT2D eigenvalue weighted by Gasteiger charge is -2.20. The Hall–Kier alpha value is -1.99. The van der Waals surface area contributed by atoms with Gasteiger partial charge in [0.2, 0.25) is 0 Å². The maximum atomic E-state index is 12.3. The van der Waals surface area contributed by atoms with Gasteiger partial charge in [-0.3, -0.25) is 4.79 Å². The van der Waals surface area contributed by atoms with Crippen molar-refractivity contribution in [2.45, 2.75) is 39.5 Å². The normalized spacial score (nSPS) is 11.0. The molecule has 23 heavy (non-hydrogen) atoms. The number of hydrogen-bond donors (Lipinski definition) is 1. The molecule has 0 bridgehead atoms. The zero-order valence-electron chi connectivity index (χ0n) is 13.8. The third-order valence-corrected chi connectivity index (χ3v) is 3.63. The van der Waals surface area contributed by atoms with E-state index in [4.69, 9.17) is 11.6 Å². The number of carbonyl (C=O) groups is 1. The van der Waals surface area contributed by atoms with Crippen molar-refractivity contribution in [2.24, 2.45) is 0 Å². The first-order valence-corrected chi connectivity index (χ1v) is 8.41. The van der Waals surface area contributed by atoms with E-state index in [2.05, 4.69) is 24.1 Å². The molecule has 1 N–H and O–H groups in total. The van der Waals surface area contributed by atoms with Gasteiger partial charge in [0.1, 0.15) is 11.6 Å². The van der Waals surface area contributed by atoms with E-state index < -0.39 is 5.91 Å². The molecule has 0 radical (unpaired) electrons. The van der Waals surface area contributed by atoms with Crippen molar-refractivity contribution in [2.75, 3.05) is 18.4 Å². The van der Waals surface area contributed by atoms with Crippen LogP contribution in [0, 0.1) is 11.3 Å². The van der Waals surface area contributed by atoms with Crippen molar-refractivity contribution in [3.63, 3.8) is 0 Å². The van der Waals surface area contributed by atoms with Gasteiger partial charge in [0.25, 0.3) is 5.91 Å². The summed E-state index contributed by atoms with van der Waals surface area (Å²) in [4.78, 5) is 14.3. The molecule has 5 heteroatoms. The molecule has 1 amide bonds. The standard InChI is InChI=1S/C18H24ClN3O/c1-3-5-11-22(12-6-4-2)14-15(13-20)18(23)21-17-9-7-16(19)8-10-17/h7-10,14H,3-6,11-12H2,1-2H3,(H,21,23)/b15-14-. The lowest BCUT2D eigenvalue weighted by Crippen LogP contribution is -2.23.